The van der Waals surface area contributed by atoms with Gasteiger partial charge in [-0.3, -0.25) is 9.48 Å². The maximum absolute atomic E-state index is 12.1. The predicted molar refractivity (Wildman–Crippen MR) is 76.9 cm³/mol. The number of Topliss-reactive ketones (excluding diaryl/α,β-unsaturated/α-hetero) is 1. The molecule has 4 heteroatoms. The van der Waals surface area contributed by atoms with E-state index < -0.39 is 0 Å². The second kappa shape index (κ2) is 5.53. The van der Waals surface area contributed by atoms with Crippen molar-refractivity contribution in [2.45, 2.75) is 32.7 Å². The molecule has 0 spiro atoms. The fourth-order valence-electron chi connectivity index (χ4n) is 2.35. The fraction of sp³-hybridized carbons (Fsp3) is 0.467. The van der Waals surface area contributed by atoms with Crippen LogP contribution in [-0.4, -0.2) is 21.6 Å². The molecule has 2 aromatic rings. The Bertz CT molecular complexity index is 586. The van der Waals surface area contributed by atoms with E-state index in [0.717, 1.165) is 23.0 Å². The van der Waals surface area contributed by atoms with Gasteiger partial charge in [0.05, 0.1) is 23.7 Å². The fourth-order valence-corrected chi connectivity index (χ4v) is 2.35. The van der Waals surface area contributed by atoms with Crippen molar-refractivity contribution in [2.75, 3.05) is 0 Å². The summed E-state index contributed by atoms with van der Waals surface area (Å²) in [6.45, 7) is 4.15. The maximum atomic E-state index is 12.1. The molecule has 4 nitrogen and oxygen atoms in total. The number of para-hydroxylation sites is 1. The van der Waals surface area contributed by atoms with Gasteiger partial charge < -0.3 is 5.73 Å². The molecule has 0 amide bonds. The summed E-state index contributed by atoms with van der Waals surface area (Å²) in [5.41, 5.74) is 7.80. The second-order valence-electron chi connectivity index (χ2n) is 5.47. The molecule has 1 atom stereocenters. The quantitative estimate of drug-likeness (QED) is 0.894. The summed E-state index contributed by atoms with van der Waals surface area (Å²) in [6, 6.07) is 7.55. The first-order valence-electron chi connectivity index (χ1n) is 6.68. The van der Waals surface area contributed by atoms with Crippen LogP contribution in [0, 0.1) is 5.92 Å². The van der Waals surface area contributed by atoms with E-state index >= 15 is 0 Å². The molecule has 0 aliphatic carbocycles. The zero-order valence-corrected chi connectivity index (χ0v) is 11.8. The van der Waals surface area contributed by atoms with E-state index in [1.165, 1.54) is 0 Å². The molecule has 1 heterocycles. The molecule has 0 aliphatic heterocycles. The second-order valence-corrected chi connectivity index (χ2v) is 5.47. The minimum atomic E-state index is -0.388. The van der Waals surface area contributed by atoms with E-state index in [0.29, 0.717) is 12.3 Å². The number of fused-ring (bicyclic) bond motifs is 1. The Morgan fingerprint density at radius 2 is 2.05 bits per heavy atom. The standard InChI is InChI=1S/C15H21N3O/c1-10(2)8-12(16)15(19)9-13-11-6-4-5-7-14(11)18(3)17-13/h4-7,10,12H,8-9,16H2,1-3H3. The van der Waals surface area contributed by atoms with Gasteiger partial charge in [-0.1, -0.05) is 32.0 Å². The summed E-state index contributed by atoms with van der Waals surface area (Å²) in [7, 11) is 1.89. The Labute approximate surface area is 113 Å². The first-order valence-corrected chi connectivity index (χ1v) is 6.68. The highest BCUT2D eigenvalue weighted by atomic mass is 16.1. The summed E-state index contributed by atoms with van der Waals surface area (Å²) in [5, 5.41) is 5.47. The largest absolute Gasteiger partial charge is 0.321 e. The number of rotatable bonds is 5. The van der Waals surface area contributed by atoms with Crippen LogP contribution in [0.4, 0.5) is 0 Å². The molecule has 2 N–H and O–H groups in total. The van der Waals surface area contributed by atoms with Crippen molar-refractivity contribution in [3.63, 3.8) is 0 Å². The minimum Gasteiger partial charge on any atom is -0.321 e. The number of aromatic nitrogens is 2. The van der Waals surface area contributed by atoms with Crippen molar-refractivity contribution >= 4 is 16.7 Å². The monoisotopic (exact) mass is 259 g/mol. The molecule has 0 saturated carbocycles. The molecule has 1 aromatic heterocycles. The van der Waals surface area contributed by atoms with Crippen molar-refractivity contribution < 1.29 is 4.79 Å². The van der Waals surface area contributed by atoms with Crippen LogP contribution in [0.15, 0.2) is 24.3 Å². The highest BCUT2D eigenvalue weighted by molar-refractivity contribution is 5.90. The first kappa shape index (κ1) is 13.7. The van der Waals surface area contributed by atoms with Crippen molar-refractivity contribution in [2.24, 2.45) is 18.7 Å². The highest BCUT2D eigenvalue weighted by Crippen LogP contribution is 2.18. The van der Waals surface area contributed by atoms with Gasteiger partial charge in [-0.25, -0.2) is 0 Å². The molecular formula is C15H21N3O. The average molecular weight is 259 g/mol. The Hall–Kier alpha value is -1.68. The zero-order valence-electron chi connectivity index (χ0n) is 11.8. The number of aryl methyl sites for hydroxylation is 1. The molecule has 1 aromatic carbocycles. The minimum absolute atomic E-state index is 0.0672. The predicted octanol–water partition coefficient (Wildman–Crippen LogP) is 2.06. The van der Waals surface area contributed by atoms with Crippen molar-refractivity contribution in [1.82, 2.24) is 9.78 Å². The van der Waals surface area contributed by atoms with Gasteiger partial charge in [0.25, 0.3) is 0 Å². The molecule has 19 heavy (non-hydrogen) atoms. The van der Waals surface area contributed by atoms with Crippen LogP contribution in [-0.2, 0) is 18.3 Å². The van der Waals surface area contributed by atoms with Crippen LogP contribution in [0.2, 0.25) is 0 Å². The Kier molecular flexibility index (Phi) is 4.00. The Morgan fingerprint density at radius 3 is 2.74 bits per heavy atom. The van der Waals surface area contributed by atoms with Gasteiger partial charge in [0.2, 0.25) is 0 Å². The Balaban J connectivity index is 2.20. The third-order valence-electron chi connectivity index (χ3n) is 3.31. The summed E-state index contributed by atoms with van der Waals surface area (Å²) >= 11 is 0. The molecule has 0 fully saturated rings. The summed E-state index contributed by atoms with van der Waals surface area (Å²) in [6.07, 6.45) is 1.04. The van der Waals surface area contributed by atoms with Crippen molar-refractivity contribution in [1.29, 1.82) is 0 Å². The number of hydrogen-bond acceptors (Lipinski definition) is 3. The lowest BCUT2D eigenvalue weighted by molar-refractivity contribution is -0.120. The highest BCUT2D eigenvalue weighted by Gasteiger charge is 2.18. The van der Waals surface area contributed by atoms with Gasteiger partial charge in [-0.05, 0) is 18.4 Å². The first-order chi connectivity index (χ1) is 8.99. The van der Waals surface area contributed by atoms with Crippen LogP contribution in [0.3, 0.4) is 0 Å². The number of hydrogen-bond donors (Lipinski definition) is 1. The third kappa shape index (κ3) is 3.01. The van der Waals surface area contributed by atoms with Gasteiger partial charge in [0, 0.05) is 12.4 Å². The van der Waals surface area contributed by atoms with Crippen LogP contribution < -0.4 is 5.73 Å². The number of nitrogens with two attached hydrogens (primary N) is 1. The Morgan fingerprint density at radius 1 is 1.37 bits per heavy atom. The van der Waals surface area contributed by atoms with E-state index in [1.54, 1.807) is 0 Å². The van der Waals surface area contributed by atoms with E-state index in [4.69, 9.17) is 5.73 Å². The summed E-state index contributed by atoms with van der Waals surface area (Å²) in [4.78, 5) is 12.1. The van der Waals surface area contributed by atoms with Crippen LogP contribution in [0.1, 0.15) is 26.0 Å². The molecule has 0 bridgehead atoms. The van der Waals surface area contributed by atoms with E-state index in [2.05, 4.69) is 18.9 Å². The summed E-state index contributed by atoms with van der Waals surface area (Å²) < 4.78 is 1.81. The van der Waals surface area contributed by atoms with Crippen LogP contribution in [0.25, 0.3) is 10.9 Å². The molecule has 102 valence electrons. The number of nitrogens with zero attached hydrogens (tertiary/aromatic N) is 2. The number of benzene rings is 1. The molecule has 2 rings (SSSR count). The molecule has 0 aliphatic rings. The maximum Gasteiger partial charge on any atom is 0.155 e. The lowest BCUT2D eigenvalue weighted by Gasteiger charge is -2.12. The van der Waals surface area contributed by atoms with Crippen LogP contribution >= 0.6 is 0 Å². The van der Waals surface area contributed by atoms with Gasteiger partial charge >= 0.3 is 0 Å². The number of carbonyl (C=O) groups excluding carboxylic acids is 1. The van der Waals surface area contributed by atoms with E-state index in [1.807, 2.05) is 36.0 Å². The topological polar surface area (TPSA) is 60.9 Å². The van der Waals surface area contributed by atoms with Gasteiger partial charge in [-0.2, -0.15) is 5.10 Å². The SMILES string of the molecule is CC(C)CC(N)C(=O)Cc1nn(C)c2ccccc12. The van der Waals surface area contributed by atoms with E-state index in [-0.39, 0.29) is 11.8 Å². The number of carbonyl (C=O) groups is 1. The smallest absolute Gasteiger partial charge is 0.155 e. The van der Waals surface area contributed by atoms with Gasteiger partial charge in [0.1, 0.15) is 0 Å². The zero-order chi connectivity index (χ0) is 14.0. The van der Waals surface area contributed by atoms with Gasteiger partial charge in [-0.15, -0.1) is 0 Å². The molecular weight excluding hydrogens is 238 g/mol. The average Bonchev–Trinajstić information content (AvgIpc) is 2.66. The van der Waals surface area contributed by atoms with Crippen LogP contribution in [0.5, 0.6) is 0 Å². The lowest BCUT2D eigenvalue weighted by Crippen LogP contribution is -2.33. The van der Waals surface area contributed by atoms with Gasteiger partial charge in [0.15, 0.2) is 5.78 Å². The number of ketones is 1. The summed E-state index contributed by atoms with van der Waals surface area (Å²) in [5.74, 6) is 0.497. The van der Waals surface area contributed by atoms with Crippen molar-refractivity contribution in [3.05, 3.63) is 30.0 Å². The lowest BCUT2D eigenvalue weighted by atomic mass is 9.98. The molecule has 1 unspecified atom stereocenters. The third-order valence-corrected chi connectivity index (χ3v) is 3.31. The van der Waals surface area contributed by atoms with Crippen molar-refractivity contribution in [3.8, 4) is 0 Å². The molecule has 0 saturated heterocycles. The molecule has 0 radical (unpaired) electrons. The van der Waals surface area contributed by atoms with E-state index in [9.17, 15) is 4.79 Å². The normalized spacial score (nSPS) is 13.1.